The Hall–Kier alpha value is -2.20. The molecule has 0 atom stereocenters. The zero-order valence-electron chi connectivity index (χ0n) is 11.0. The average molecular weight is 288 g/mol. The molecule has 0 aliphatic carbocycles. The Morgan fingerprint density at radius 3 is 2.95 bits per heavy atom. The molecular weight excluding hydrogens is 274 g/mol. The number of aromatic amines is 1. The predicted octanol–water partition coefficient (Wildman–Crippen LogP) is 3.84. The van der Waals surface area contributed by atoms with Crippen LogP contribution in [0.15, 0.2) is 42.6 Å². The number of fused-ring (bicyclic) bond motifs is 1. The summed E-state index contributed by atoms with van der Waals surface area (Å²) >= 11 is 6.11. The molecule has 4 nitrogen and oxygen atoms in total. The van der Waals surface area contributed by atoms with Crippen LogP contribution in [0.3, 0.4) is 0 Å². The van der Waals surface area contributed by atoms with Gasteiger partial charge in [0, 0.05) is 17.6 Å². The van der Waals surface area contributed by atoms with Crippen LogP contribution in [-0.2, 0) is 6.54 Å². The van der Waals surface area contributed by atoms with E-state index in [9.17, 15) is 0 Å². The summed E-state index contributed by atoms with van der Waals surface area (Å²) in [6, 6.07) is 11.9. The van der Waals surface area contributed by atoms with E-state index >= 15 is 0 Å². The van der Waals surface area contributed by atoms with Crippen molar-refractivity contribution in [3.8, 4) is 5.75 Å². The van der Waals surface area contributed by atoms with Crippen molar-refractivity contribution in [3.63, 3.8) is 0 Å². The largest absolute Gasteiger partial charge is 0.495 e. The maximum Gasteiger partial charge on any atom is 0.137 e. The van der Waals surface area contributed by atoms with Crippen molar-refractivity contribution < 1.29 is 4.74 Å². The second-order valence-electron chi connectivity index (χ2n) is 4.49. The fourth-order valence-corrected chi connectivity index (χ4v) is 2.35. The minimum atomic E-state index is 0.621. The van der Waals surface area contributed by atoms with Crippen LogP contribution in [0.5, 0.6) is 5.75 Å². The molecule has 0 aliphatic rings. The molecule has 1 heterocycles. The molecule has 20 heavy (non-hydrogen) atoms. The third kappa shape index (κ3) is 2.56. The summed E-state index contributed by atoms with van der Waals surface area (Å²) in [5.74, 6) is 0.689. The quantitative estimate of drug-likeness (QED) is 0.766. The lowest BCUT2D eigenvalue weighted by Crippen LogP contribution is -1.99. The van der Waals surface area contributed by atoms with Crippen LogP contribution in [0.25, 0.3) is 10.9 Å². The van der Waals surface area contributed by atoms with Crippen molar-refractivity contribution in [3.05, 3.63) is 53.2 Å². The van der Waals surface area contributed by atoms with Gasteiger partial charge in [0.15, 0.2) is 0 Å². The van der Waals surface area contributed by atoms with Crippen LogP contribution >= 0.6 is 11.6 Å². The fraction of sp³-hybridized carbons (Fsp3) is 0.133. The number of ether oxygens (including phenoxy) is 1. The topological polar surface area (TPSA) is 49.9 Å². The molecule has 0 fully saturated rings. The molecular formula is C15H14ClN3O. The molecule has 0 amide bonds. The highest BCUT2D eigenvalue weighted by Crippen LogP contribution is 2.25. The molecule has 0 unspecified atom stereocenters. The van der Waals surface area contributed by atoms with Crippen LogP contribution in [-0.4, -0.2) is 17.3 Å². The van der Waals surface area contributed by atoms with Crippen LogP contribution in [0, 0.1) is 0 Å². The lowest BCUT2D eigenvalue weighted by Gasteiger charge is -2.09. The smallest absolute Gasteiger partial charge is 0.137 e. The zero-order valence-corrected chi connectivity index (χ0v) is 11.7. The highest BCUT2D eigenvalue weighted by molar-refractivity contribution is 6.32. The van der Waals surface area contributed by atoms with Crippen molar-refractivity contribution in [1.29, 1.82) is 0 Å². The van der Waals surface area contributed by atoms with E-state index < -0.39 is 0 Å². The minimum absolute atomic E-state index is 0.621. The molecule has 1 aromatic heterocycles. The first-order valence-electron chi connectivity index (χ1n) is 6.26. The number of hydrogen-bond donors (Lipinski definition) is 2. The number of rotatable bonds is 4. The van der Waals surface area contributed by atoms with Crippen molar-refractivity contribution >= 4 is 28.2 Å². The van der Waals surface area contributed by atoms with Crippen molar-refractivity contribution in [1.82, 2.24) is 10.2 Å². The van der Waals surface area contributed by atoms with E-state index in [-0.39, 0.29) is 0 Å². The van der Waals surface area contributed by atoms with Gasteiger partial charge in [-0.25, -0.2) is 0 Å². The zero-order chi connectivity index (χ0) is 13.9. The molecule has 2 N–H and O–H groups in total. The van der Waals surface area contributed by atoms with Gasteiger partial charge in [0.25, 0.3) is 0 Å². The summed E-state index contributed by atoms with van der Waals surface area (Å²) in [6.07, 6.45) is 1.81. The standard InChI is InChI=1S/C15H14ClN3O/c1-20-15-5-2-10(6-13(15)16)8-17-12-4-3-11-9-18-19-14(11)7-12/h2-7,9,17H,8H2,1H3,(H,18,19). The summed E-state index contributed by atoms with van der Waals surface area (Å²) in [4.78, 5) is 0. The molecule has 0 bridgehead atoms. The molecule has 3 rings (SSSR count). The van der Waals surface area contributed by atoms with Crippen molar-refractivity contribution in [2.75, 3.05) is 12.4 Å². The van der Waals surface area contributed by atoms with E-state index in [0.29, 0.717) is 17.3 Å². The van der Waals surface area contributed by atoms with E-state index in [1.54, 1.807) is 7.11 Å². The summed E-state index contributed by atoms with van der Waals surface area (Å²) in [5, 5.41) is 12.0. The molecule has 3 aromatic rings. The van der Waals surface area contributed by atoms with E-state index in [1.165, 1.54) is 0 Å². The number of H-pyrrole nitrogens is 1. The molecule has 0 aliphatic heterocycles. The Bertz CT molecular complexity index is 739. The van der Waals surface area contributed by atoms with Crippen molar-refractivity contribution in [2.45, 2.75) is 6.54 Å². The molecule has 102 valence electrons. The Labute approximate surface area is 121 Å². The van der Waals surface area contributed by atoms with Crippen LogP contribution in [0.2, 0.25) is 5.02 Å². The molecule has 0 radical (unpaired) electrons. The van der Waals surface area contributed by atoms with E-state index in [0.717, 1.165) is 22.2 Å². The van der Waals surface area contributed by atoms with Gasteiger partial charge in [0.1, 0.15) is 5.75 Å². The SMILES string of the molecule is COc1ccc(CNc2ccc3cn[nH]c3c2)cc1Cl. The average Bonchev–Trinajstić information content (AvgIpc) is 2.92. The first-order valence-corrected chi connectivity index (χ1v) is 6.63. The predicted molar refractivity (Wildman–Crippen MR) is 81.4 cm³/mol. The van der Waals surface area contributed by atoms with Gasteiger partial charge in [-0.05, 0) is 35.9 Å². The number of anilines is 1. The Balaban J connectivity index is 1.73. The number of methoxy groups -OCH3 is 1. The molecule has 0 saturated carbocycles. The van der Waals surface area contributed by atoms with Gasteiger partial charge in [-0.3, -0.25) is 5.10 Å². The highest BCUT2D eigenvalue weighted by Gasteiger charge is 2.02. The number of hydrogen-bond acceptors (Lipinski definition) is 3. The van der Waals surface area contributed by atoms with Gasteiger partial charge in [-0.15, -0.1) is 0 Å². The van der Waals surface area contributed by atoms with E-state index in [1.807, 2.05) is 42.6 Å². The summed E-state index contributed by atoms with van der Waals surface area (Å²) < 4.78 is 5.14. The number of nitrogens with zero attached hydrogens (tertiary/aromatic N) is 1. The van der Waals surface area contributed by atoms with Crippen molar-refractivity contribution in [2.24, 2.45) is 0 Å². The maximum atomic E-state index is 6.11. The molecule has 5 heteroatoms. The van der Waals surface area contributed by atoms with E-state index in [4.69, 9.17) is 16.3 Å². The number of nitrogens with one attached hydrogen (secondary N) is 2. The maximum absolute atomic E-state index is 6.11. The van der Waals surface area contributed by atoms with Gasteiger partial charge in [0.05, 0.1) is 23.8 Å². The van der Waals surface area contributed by atoms with Gasteiger partial charge >= 0.3 is 0 Å². The lowest BCUT2D eigenvalue weighted by atomic mass is 10.2. The van der Waals surface area contributed by atoms with Gasteiger partial charge < -0.3 is 10.1 Å². The Morgan fingerprint density at radius 1 is 1.25 bits per heavy atom. The minimum Gasteiger partial charge on any atom is -0.495 e. The highest BCUT2D eigenvalue weighted by atomic mass is 35.5. The van der Waals surface area contributed by atoms with Crippen LogP contribution in [0.4, 0.5) is 5.69 Å². The van der Waals surface area contributed by atoms with Gasteiger partial charge in [0.2, 0.25) is 0 Å². The monoisotopic (exact) mass is 287 g/mol. The van der Waals surface area contributed by atoms with Crippen LogP contribution in [0.1, 0.15) is 5.56 Å². The number of benzene rings is 2. The van der Waals surface area contributed by atoms with Gasteiger partial charge in [-0.1, -0.05) is 17.7 Å². The van der Waals surface area contributed by atoms with Crippen LogP contribution < -0.4 is 10.1 Å². The molecule has 0 saturated heterocycles. The fourth-order valence-electron chi connectivity index (χ4n) is 2.07. The summed E-state index contributed by atoms with van der Waals surface area (Å²) in [6.45, 7) is 0.698. The number of aromatic nitrogens is 2. The third-order valence-electron chi connectivity index (χ3n) is 3.15. The Morgan fingerprint density at radius 2 is 2.15 bits per heavy atom. The molecule has 0 spiro atoms. The third-order valence-corrected chi connectivity index (χ3v) is 3.45. The lowest BCUT2D eigenvalue weighted by molar-refractivity contribution is 0.415. The summed E-state index contributed by atoms with van der Waals surface area (Å²) in [5.41, 5.74) is 3.15. The molecule has 2 aromatic carbocycles. The van der Waals surface area contributed by atoms with E-state index in [2.05, 4.69) is 15.5 Å². The second kappa shape index (κ2) is 5.43. The first kappa shape index (κ1) is 12.8. The summed E-state index contributed by atoms with van der Waals surface area (Å²) in [7, 11) is 1.61. The number of halogens is 1. The first-order chi connectivity index (χ1) is 9.76. The second-order valence-corrected chi connectivity index (χ2v) is 4.90. The van der Waals surface area contributed by atoms with Gasteiger partial charge in [-0.2, -0.15) is 5.10 Å². The normalized spacial score (nSPS) is 10.7. The Kier molecular flexibility index (Phi) is 3.48.